The lowest BCUT2D eigenvalue weighted by Crippen LogP contribution is -2.16. The molecule has 2 aromatic carbocycles. The van der Waals surface area contributed by atoms with E-state index < -0.39 is 11.9 Å². The minimum Gasteiger partial charge on any atom is -0.462 e. The molecule has 0 saturated heterocycles. The van der Waals surface area contributed by atoms with Gasteiger partial charge in [0.25, 0.3) is 0 Å². The smallest absolute Gasteiger partial charge is 0.330 e. The molecule has 0 spiro atoms. The summed E-state index contributed by atoms with van der Waals surface area (Å²) >= 11 is 3.45. The maximum atomic E-state index is 12.2. The van der Waals surface area contributed by atoms with E-state index in [0.29, 0.717) is 18.1 Å². The predicted molar refractivity (Wildman–Crippen MR) is 129 cm³/mol. The molecule has 2 N–H and O–H groups in total. The van der Waals surface area contributed by atoms with Crippen LogP contribution >= 0.6 is 15.9 Å². The van der Waals surface area contributed by atoms with Crippen molar-refractivity contribution in [3.05, 3.63) is 65.4 Å². The number of halogens is 1. The van der Waals surface area contributed by atoms with Crippen molar-refractivity contribution in [2.75, 3.05) is 37.9 Å². The number of esters is 1. The quantitative estimate of drug-likeness (QED) is 0.260. The van der Waals surface area contributed by atoms with Crippen molar-refractivity contribution in [3.8, 4) is 0 Å². The Bertz CT molecular complexity index is 1130. The molecule has 32 heavy (non-hydrogen) atoms. The minimum absolute atomic E-state index is 0.307. The molecule has 0 aliphatic carbocycles. The Morgan fingerprint density at radius 1 is 1.09 bits per heavy atom. The predicted octanol–water partition coefficient (Wildman–Crippen LogP) is 4.13. The highest BCUT2D eigenvalue weighted by Crippen LogP contribution is 2.26. The molecule has 1 aromatic heterocycles. The van der Waals surface area contributed by atoms with Crippen LogP contribution in [0.1, 0.15) is 6.42 Å². The van der Waals surface area contributed by atoms with Crippen LogP contribution in [0.3, 0.4) is 0 Å². The Morgan fingerprint density at radius 3 is 2.72 bits per heavy atom. The second kappa shape index (κ2) is 11.4. The molecule has 0 atom stereocenters. The number of benzene rings is 2. The van der Waals surface area contributed by atoms with Gasteiger partial charge in [-0.05, 0) is 56.9 Å². The molecule has 3 rings (SSSR count). The number of carbonyl (C=O) groups is 2. The van der Waals surface area contributed by atoms with Gasteiger partial charge in [-0.1, -0.05) is 22.0 Å². The van der Waals surface area contributed by atoms with Crippen LogP contribution in [0.25, 0.3) is 10.9 Å². The number of hydrogen-bond donors (Lipinski definition) is 2. The van der Waals surface area contributed by atoms with E-state index in [2.05, 4.69) is 36.5 Å². The average molecular weight is 498 g/mol. The molecule has 0 aliphatic rings. The van der Waals surface area contributed by atoms with E-state index in [-0.39, 0.29) is 0 Å². The third-order valence-corrected chi connectivity index (χ3v) is 4.85. The van der Waals surface area contributed by atoms with Gasteiger partial charge in [0.05, 0.1) is 12.1 Å². The van der Waals surface area contributed by atoms with Crippen molar-refractivity contribution >= 4 is 55.9 Å². The lowest BCUT2D eigenvalue weighted by Gasteiger charge is -2.10. The normalized spacial score (nSPS) is 11.1. The van der Waals surface area contributed by atoms with E-state index in [1.165, 1.54) is 6.33 Å². The Morgan fingerprint density at radius 2 is 1.94 bits per heavy atom. The number of hydrogen-bond acceptors (Lipinski definition) is 7. The van der Waals surface area contributed by atoms with E-state index in [0.717, 1.165) is 46.2 Å². The van der Waals surface area contributed by atoms with Gasteiger partial charge in [0, 0.05) is 39.9 Å². The Kier molecular flexibility index (Phi) is 8.29. The molecule has 1 amide bonds. The molecule has 0 saturated carbocycles. The van der Waals surface area contributed by atoms with Crippen molar-refractivity contribution in [2.24, 2.45) is 0 Å². The highest BCUT2D eigenvalue weighted by molar-refractivity contribution is 9.10. The summed E-state index contributed by atoms with van der Waals surface area (Å²) in [5.74, 6) is -0.375. The number of aromatic nitrogens is 2. The van der Waals surface area contributed by atoms with Crippen LogP contribution in [-0.2, 0) is 14.3 Å². The molecular weight excluding hydrogens is 474 g/mol. The summed E-state index contributed by atoms with van der Waals surface area (Å²) in [4.78, 5) is 34.6. The van der Waals surface area contributed by atoms with Crippen LogP contribution < -0.4 is 10.6 Å². The van der Waals surface area contributed by atoms with E-state index in [1.54, 1.807) is 18.2 Å². The van der Waals surface area contributed by atoms with Gasteiger partial charge in [-0.25, -0.2) is 14.8 Å². The maximum Gasteiger partial charge on any atom is 0.330 e. The summed E-state index contributed by atoms with van der Waals surface area (Å²) in [6, 6.07) is 13.0. The molecule has 0 bridgehead atoms. The monoisotopic (exact) mass is 497 g/mol. The lowest BCUT2D eigenvalue weighted by atomic mass is 10.2. The summed E-state index contributed by atoms with van der Waals surface area (Å²) < 4.78 is 6.01. The largest absolute Gasteiger partial charge is 0.462 e. The second-order valence-corrected chi connectivity index (χ2v) is 8.15. The van der Waals surface area contributed by atoms with Crippen LogP contribution in [0.15, 0.2) is 65.4 Å². The van der Waals surface area contributed by atoms with Crippen LogP contribution in [0.5, 0.6) is 0 Å². The maximum absolute atomic E-state index is 12.2. The highest BCUT2D eigenvalue weighted by Gasteiger charge is 2.08. The van der Waals surface area contributed by atoms with Gasteiger partial charge in [-0.15, -0.1) is 0 Å². The van der Waals surface area contributed by atoms with Gasteiger partial charge in [-0.2, -0.15) is 0 Å². The summed E-state index contributed by atoms with van der Waals surface area (Å²) in [5.41, 5.74) is 2.15. The van der Waals surface area contributed by atoms with Crippen molar-refractivity contribution in [1.82, 2.24) is 14.9 Å². The first-order valence-electron chi connectivity index (χ1n) is 9.98. The lowest BCUT2D eigenvalue weighted by molar-refractivity contribution is -0.138. The van der Waals surface area contributed by atoms with Crippen LogP contribution in [0.4, 0.5) is 17.2 Å². The third-order valence-electron chi connectivity index (χ3n) is 4.35. The SMILES string of the molecule is CN(C)CCCOC(=O)/C=C/C(=O)Nc1ccc2ncnc(Nc3cccc(Br)c3)c2c1. The van der Waals surface area contributed by atoms with Gasteiger partial charge in [0.1, 0.15) is 12.1 Å². The van der Waals surface area contributed by atoms with Crippen LogP contribution in [0.2, 0.25) is 0 Å². The zero-order valence-corrected chi connectivity index (χ0v) is 19.4. The molecule has 9 heteroatoms. The van der Waals surface area contributed by atoms with Gasteiger partial charge in [0.15, 0.2) is 0 Å². The van der Waals surface area contributed by atoms with Crippen LogP contribution in [-0.4, -0.2) is 54.0 Å². The van der Waals surface area contributed by atoms with E-state index in [4.69, 9.17) is 4.74 Å². The number of fused-ring (bicyclic) bond motifs is 1. The van der Waals surface area contributed by atoms with Crippen molar-refractivity contribution < 1.29 is 14.3 Å². The van der Waals surface area contributed by atoms with Gasteiger partial charge in [-0.3, -0.25) is 4.79 Å². The number of nitrogens with zero attached hydrogens (tertiary/aromatic N) is 3. The van der Waals surface area contributed by atoms with E-state index in [1.807, 2.05) is 43.3 Å². The van der Waals surface area contributed by atoms with Gasteiger partial charge >= 0.3 is 5.97 Å². The third kappa shape index (κ3) is 7.14. The van der Waals surface area contributed by atoms with E-state index >= 15 is 0 Å². The molecule has 8 nitrogen and oxygen atoms in total. The number of anilines is 3. The summed E-state index contributed by atoms with van der Waals surface area (Å²) in [5, 5.41) is 6.75. The zero-order chi connectivity index (χ0) is 22.9. The summed E-state index contributed by atoms with van der Waals surface area (Å²) in [7, 11) is 3.90. The summed E-state index contributed by atoms with van der Waals surface area (Å²) in [6.07, 6.45) is 4.48. The Balaban J connectivity index is 1.64. The molecular formula is C23H24BrN5O3. The van der Waals surface area contributed by atoms with Gasteiger partial charge < -0.3 is 20.3 Å². The Hall–Kier alpha value is -3.30. The number of carbonyl (C=O) groups excluding carboxylic acids is 2. The van der Waals surface area contributed by atoms with Crippen molar-refractivity contribution in [2.45, 2.75) is 6.42 Å². The fourth-order valence-electron chi connectivity index (χ4n) is 2.87. The van der Waals surface area contributed by atoms with Gasteiger partial charge in [0.2, 0.25) is 5.91 Å². The van der Waals surface area contributed by atoms with Crippen molar-refractivity contribution in [1.29, 1.82) is 0 Å². The molecule has 0 fully saturated rings. The molecule has 0 aliphatic heterocycles. The average Bonchev–Trinajstić information content (AvgIpc) is 2.76. The Labute approximate surface area is 194 Å². The fourth-order valence-corrected chi connectivity index (χ4v) is 3.27. The first-order chi connectivity index (χ1) is 15.4. The van der Waals surface area contributed by atoms with Crippen LogP contribution in [0, 0.1) is 0 Å². The molecule has 0 radical (unpaired) electrons. The standard InChI is InChI=1S/C23H24BrN5O3/c1-29(2)11-4-12-32-22(31)10-9-21(30)27-18-7-8-20-19(14-18)23(26-15-25-20)28-17-6-3-5-16(24)13-17/h3,5-10,13-15H,4,11-12H2,1-2H3,(H,27,30)(H,25,26,28)/b10-9+. The van der Waals surface area contributed by atoms with Crippen molar-refractivity contribution in [3.63, 3.8) is 0 Å². The number of ether oxygens (including phenoxy) is 1. The van der Waals surface area contributed by atoms with E-state index in [9.17, 15) is 9.59 Å². The first-order valence-corrected chi connectivity index (χ1v) is 10.8. The molecule has 0 unspecified atom stereocenters. The molecule has 166 valence electrons. The number of nitrogens with one attached hydrogen (secondary N) is 2. The molecule has 1 heterocycles. The minimum atomic E-state index is -0.550. The first kappa shape index (κ1) is 23.4. The summed E-state index contributed by atoms with van der Waals surface area (Å²) in [6.45, 7) is 1.13. The number of amides is 1. The second-order valence-electron chi connectivity index (χ2n) is 7.24. The fraction of sp³-hybridized carbons (Fsp3) is 0.217. The topological polar surface area (TPSA) is 96.5 Å². The zero-order valence-electron chi connectivity index (χ0n) is 17.8. The number of rotatable bonds is 9. The highest BCUT2D eigenvalue weighted by atomic mass is 79.9. The molecule has 3 aromatic rings.